The highest BCUT2D eigenvalue weighted by Crippen LogP contribution is 2.23. The second-order valence-corrected chi connectivity index (χ2v) is 8.12. The summed E-state index contributed by atoms with van der Waals surface area (Å²) in [5, 5.41) is 0.489. The minimum Gasteiger partial charge on any atom is -0.465 e. The average Bonchev–Trinajstić information content (AvgIpc) is 3.08. The van der Waals surface area contributed by atoms with Gasteiger partial charge in [-0.1, -0.05) is 61.4 Å². The molecule has 0 saturated heterocycles. The normalized spacial score (nSPS) is 11.2. The molecule has 0 spiro atoms. The van der Waals surface area contributed by atoms with E-state index in [1.54, 1.807) is 11.6 Å². The van der Waals surface area contributed by atoms with Crippen molar-refractivity contribution in [2.24, 2.45) is 7.05 Å². The average molecular weight is 431 g/mol. The fourth-order valence-corrected chi connectivity index (χ4v) is 3.84. The molecule has 0 radical (unpaired) electrons. The molecule has 160 valence electrons. The zero-order valence-corrected chi connectivity index (χ0v) is 18.3. The molecule has 3 aromatic rings. The third-order valence-corrected chi connectivity index (χ3v) is 5.71. The summed E-state index contributed by atoms with van der Waals surface area (Å²) in [6.45, 7) is 4.89. The number of thioether (sulfide) groups is 1. The van der Waals surface area contributed by atoms with E-state index >= 15 is 0 Å². The summed E-state index contributed by atoms with van der Waals surface area (Å²) in [4.78, 5) is 43.4. The van der Waals surface area contributed by atoms with Gasteiger partial charge in [-0.05, 0) is 18.9 Å². The van der Waals surface area contributed by atoms with Gasteiger partial charge in [0.2, 0.25) is 0 Å². The fraction of sp³-hybridized carbons (Fsp3) is 0.429. The second kappa shape index (κ2) is 9.80. The highest BCUT2D eigenvalue weighted by atomic mass is 32.2. The standard InChI is InChI=1S/C21H26N4O4S/c1-4-5-6-11-29-16(26)13-30-21-22-18-17(19(27)23-20(28)24(18)3)25(21)12-15-9-7-14(2)8-10-15/h7-10H,4-6,11-13H2,1-3H3,(H,23,27,28). The maximum atomic E-state index is 12.5. The van der Waals surface area contributed by atoms with Gasteiger partial charge >= 0.3 is 11.7 Å². The maximum absolute atomic E-state index is 12.5. The number of carbonyl (C=O) groups excluding carboxylic acids is 1. The van der Waals surface area contributed by atoms with Gasteiger partial charge in [0.1, 0.15) is 0 Å². The molecule has 9 heteroatoms. The number of aromatic amines is 1. The number of rotatable bonds is 9. The maximum Gasteiger partial charge on any atom is 0.329 e. The van der Waals surface area contributed by atoms with E-state index in [0.717, 1.165) is 30.4 Å². The number of hydrogen-bond acceptors (Lipinski definition) is 6. The summed E-state index contributed by atoms with van der Waals surface area (Å²) >= 11 is 1.20. The Morgan fingerprint density at radius 1 is 1.20 bits per heavy atom. The third kappa shape index (κ3) is 5.02. The van der Waals surface area contributed by atoms with Gasteiger partial charge in [0.15, 0.2) is 16.3 Å². The molecule has 2 aromatic heterocycles. The highest BCUT2D eigenvalue weighted by molar-refractivity contribution is 7.99. The predicted molar refractivity (Wildman–Crippen MR) is 117 cm³/mol. The van der Waals surface area contributed by atoms with E-state index in [2.05, 4.69) is 16.9 Å². The Balaban J connectivity index is 1.90. The molecule has 0 atom stereocenters. The molecule has 3 rings (SSSR count). The number of nitrogens with zero attached hydrogens (tertiary/aromatic N) is 3. The van der Waals surface area contributed by atoms with Crippen LogP contribution in [0.4, 0.5) is 0 Å². The molecule has 2 heterocycles. The molecule has 0 saturated carbocycles. The molecule has 0 bridgehead atoms. The van der Waals surface area contributed by atoms with Gasteiger partial charge in [0.25, 0.3) is 5.56 Å². The van der Waals surface area contributed by atoms with Crippen molar-refractivity contribution < 1.29 is 9.53 Å². The van der Waals surface area contributed by atoms with Crippen molar-refractivity contribution in [2.45, 2.75) is 44.8 Å². The van der Waals surface area contributed by atoms with E-state index in [1.165, 1.54) is 16.3 Å². The smallest absolute Gasteiger partial charge is 0.329 e. The van der Waals surface area contributed by atoms with Crippen molar-refractivity contribution in [3.05, 3.63) is 56.2 Å². The van der Waals surface area contributed by atoms with Gasteiger partial charge in [0.05, 0.1) is 18.9 Å². The number of imidazole rings is 1. The first kappa shape index (κ1) is 21.9. The molecule has 0 aliphatic heterocycles. The van der Waals surface area contributed by atoms with E-state index in [0.29, 0.717) is 23.8 Å². The van der Waals surface area contributed by atoms with E-state index in [4.69, 9.17) is 4.74 Å². The van der Waals surface area contributed by atoms with Crippen LogP contribution in [0.2, 0.25) is 0 Å². The number of hydrogen-bond donors (Lipinski definition) is 1. The molecule has 0 aliphatic carbocycles. The lowest BCUT2D eigenvalue weighted by Crippen LogP contribution is -2.29. The summed E-state index contributed by atoms with van der Waals surface area (Å²) in [5.41, 5.74) is 1.68. The van der Waals surface area contributed by atoms with Crippen LogP contribution in [0.25, 0.3) is 11.2 Å². The Bertz CT molecular complexity index is 1140. The zero-order chi connectivity index (χ0) is 21.7. The molecular weight excluding hydrogens is 404 g/mol. The quantitative estimate of drug-likeness (QED) is 0.318. The Morgan fingerprint density at radius 2 is 1.93 bits per heavy atom. The number of nitrogens with one attached hydrogen (secondary N) is 1. The molecule has 1 aromatic carbocycles. The number of esters is 1. The minimum atomic E-state index is -0.528. The third-order valence-electron chi connectivity index (χ3n) is 4.76. The van der Waals surface area contributed by atoms with Crippen LogP contribution in [-0.4, -0.2) is 37.4 Å². The Morgan fingerprint density at radius 3 is 2.63 bits per heavy atom. The van der Waals surface area contributed by atoms with Crippen molar-refractivity contribution in [3.63, 3.8) is 0 Å². The SMILES string of the molecule is CCCCCOC(=O)CSc1nc2c(c(=O)[nH]c(=O)n2C)n1Cc1ccc(C)cc1. The summed E-state index contributed by atoms with van der Waals surface area (Å²) < 4.78 is 8.30. The van der Waals surface area contributed by atoms with Gasteiger partial charge in [0, 0.05) is 7.05 Å². The first-order valence-electron chi connectivity index (χ1n) is 9.94. The van der Waals surface area contributed by atoms with Gasteiger partial charge in [-0.15, -0.1) is 0 Å². The van der Waals surface area contributed by atoms with Crippen molar-refractivity contribution in [1.29, 1.82) is 0 Å². The van der Waals surface area contributed by atoms with Crippen LogP contribution in [0, 0.1) is 6.92 Å². The van der Waals surface area contributed by atoms with Crippen molar-refractivity contribution in [2.75, 3.05) is 12.4 Å². The highest BCUT2D eigenvalue weighted by Gasteiger charge is 2.19. The number of unbranched alkanes of at least 4 members (excludes halogenated alkanes) is 2. The second-order valence-electron chi connectivity index (χ2n) is 7.17. The molecule has 1 N–H and O–H groups in total. The van der Waals surface area contributed by atoms with Gasteiger partial charge in [-0.2, -0.15) is 0 Å². The van der Waals surface area contributed by atoms with Crippen LogP contribution in [0.1, 0.15) is 37.3 Å². The molecule has 0 unspecified atom stereocenters. The fourth-order valence-electron chi connectivity index (χ4n) is 3.05. The number of carbonyl (C=O) groups is 1. The largest absolute Gasteiger partial charge is 0.465 e. The summed E-state index contributed by atoms with van der Waals surface area (Å²) in [6, 6.07) is 7.95. The van der Waals surface area contributed by atoms with Gasteiger partial charge in [-0.3, -0.25) is 19.1 Å². The summed E-state index contributed by atoms with van der Waals surface area (Å²) in [5.74, 6) is -0.248. The molecule has 0 fully saturated rings. The van der Waals surface area contributed by atoms with E-state index < -0.39 is 11.2 Å². The number of aromatic nitrogens is 4. The van der Waals surface area contributed by atoms with Crippen molar-refractivity contribution >= 4 is 28.9 Å². The molecular formula is C21H26N4O4S. The van der Waals surface area contributed by atoms with Crippen molar-refractivity contribution in [3.8, 4) is 0 Å². The van der Waals surface area contributed by atoms with Gasteiger partial charge in [-0.25, -0.2) is 9.78 Å². The van der Waals surface area contributed by atoms with Crippen molar-refractivity contribution in [1.82, 2.24) is 19.1 Å². The lowest BCUT2D eigenvalue weighted by molar-refractivity contribution is -0.140. The van der Waals surface area contributed by atoms with Crippen LogP contribution in [0.15, 0.2) is 39.0 Å². The first-order valence-corrected chi connectivity index (χ1v) is 10.9. The van der Waals surface area contributed by atoms with Crippen LogP contribution >= 0.6 is 11.8 Å². The molecule has 0 aliphatic rings. The molecule has 8 nitrogen and oxygen atoms in total. The first-order chi connectivity index (χ1) is 14.4. The number of H-pyrrole nitrogens is 1. The molecule has 0 amide bonds. The summed E-state index contributed by atoms with van der Waals surface area (Å²) in [6.07, 6.45) is 2.92. The number of benzene rings is 1. The predicted octanol–water partition coefficient (Wildman–Crippen LogP) is 2.61. The Kier molecular flexibility index (Phi) is 7.15. The van der Waals surface area contributed by atoms with E-state index in [1.807, 2.05) is 31.2 Å². The Labute approximate surface area is 178 Å². The van der Waals surface area contributed by atoms with Gasteiger partial charge < -0.3 is 9.30 Å². The Hall–Kier alpha value is -2.81. The summed E-state index contributed by atoms with van der Waals surface area (Å²) in [7, 11) is 1.56. The number of aryl methyl sites for hydroxylation is 2. The van der Waals surface area contributed by atoms with Crippen LogP contribution in [0.5, 0.6) is 0 Å². The van der Waals surface area contributed by atoms with Crippen LogP contribution < -0.4 is 11.2 Å². The van der Waals surface area contributed by atoms with E-state index in [9.17, 15) is 14.4 Å². The number of ether oxygens (including phenoxy) is 1. The monoisotopic (exact) mass is 430 g/mol. The van der Waals surface area contributed by atoms with Crippen LogP contribution in [-0.2, 0) is 23.1 Å². The minimum absolute atomic E-state index is 0.0786. The lowest BCUT2D eigenvalue weighted by atomic mass is 10.1. The number of fused-ring (bicyclic) bond motifs is 1. The zero-order valence-electron chi connectivity index (χ0n) is 17.4. The topological polar surface area (TPSA) is 99.0 Å². The molecule has 30 heavy (non-hydrogen) atoms. The van der Waals surface area contributed by atoms with E-state index in [-0.39, 0.29) is 17.4 Å². The lowest BCUT2D eigenvalue weighted by Gasteiger charge is -2.09. The van der Waals surface area contributed by atoms with Crippen LogP contribution in [0.3, 0.4) is 0 Å².